The van der Waals surface area contributed by atoms with Gasteiger partial charge >= 0.3 is 12.1 Å². The highest BCUT2D eigenvalue weighted by molar-refractivity contribution is 6.06. The van der Waals surface area contributed by atoms with Crippen LogP contribution in [0.4, 0.5) is 44.1 Å². The monoisotopic (exact) mass is 652 g/mol. The van der Waals surface area contributed by atoms with E-state index in [4.69, 9.17) is 4.74 Å². The summed E-state index contributed by atoms with van der Waals surface area (Å²) in [4.78, 5) is 47.5. The molecule has 1 saturated heterocycles. The number of benzene rings is 2. The smallest absolute Gasteiger partial charge is 0.330 e. The number of anilines is 6. The first-order valence-corrected chi connectivity index (χ1v) is 15.8. The fraction of sp³-hybridized carbons (Fsp3) is 0.324. The molecule has 4 aromatic rings. The zero-order chi connectivity index (χ0) is 33.8. The van der Waals surface area contributed by atoms with E-state index in [0.717, 1.165) is 43.9 Å². The molecule has 2 aromatic carbocycles. The zero-order valence-electron chi connectivity index (χ0n) is 27.5. The number of para-hydroxylation sites is 2. The maximum absolute atomic E-state index is 13.6. The number of aryl methyl sites for hydroxylation is 1. The van der Waals surface area contributed by atoms with Crippen molar-refractivity contribution >= 4 is 46.6 Å². The number of fused-ring (bicyclic) bond motifs is 1. The highest BCUT2D eigenvalue weighted by Crippen LogP contribution is 2.34. The lowest BCUT2D eigenvalue weighted by atomic mass is 10.1. The minimum atomic E-state index is -0.767. The molecular formula is C34H40N10O4. The van der Waals surface area contributed by atoms with Gasteiger partial charge in [-0.2, -0.15) is 4.98 Å². The largest absolute Gasteiger partial charge is 0.495 e. The summed E-state index contributed by atoms with van der Waals surface area (Å²) in [7, 11) is 3.21. The number of aromatic nitrogens is 3. The molecule has 2 aromatic heterocycles. The fourth-order valence-corrected chi connectivity index (χ4v) is 5.84. The Kier molecular flexibility index (Phi) is 9.66. The van der Waals surface area contributed by atoms with Crippen LogP contribution in [0.3, 0.4) is 0 Å². The van der Waals surface area contributed by atoms with Gasteiger partial charge in [0.1, 0.15) is 11.6 Å². The van der Waals surface area contributed by atoms with Gasteiger partial charge in [-0.25, -0.2) is 14.6 Å². The lowest BCUT2D eigenvalue weighted by Crippen LogP contribution is -2.47. The number of methoxy groups -OCH3 is 1. The van der Waals surface area contributed by atoms with Crippen molar-refractivity contribution in [3.8, 4) is 5.75 Å². The number of amides is 4. The molecule has 0 aliphatic carbocycles. The molecule has 1 fully saturated rings. The first-order chi connectivity index (χ1) is 23.2. The summed E-state index contributed by atoms with van der Waals surface area (Å²) >= 11 is 0. The highest BCUT2D eigenvalue weighted by Gasteiger charge is 2.32. The van der Waals surface area contributed by atoms with Gasteiger partial charge in [-0.15, -0.1) is 0 Å². The fourth-order valence-electron chi connectivity index (χ4n) is 5.84. The van der Waals surface area contributed by atoms with E-state index in [1.165, 1.54) is 12.0 Å². The summed E-state index contributed by atoms with van der Waals surface area (Å²) in [5.74, 6) is 1.35. The molecule has 250 valence electrons. The third-order valence-corrected chi connectivity index (χ3v) is 8.63. The number of likely N-dealkylation sites (N-methyl/N-ethyl adjacent to an activating group) is 1. The Labute approximate surface area is 279 Å². The third-order valence-electron chi connectivity index (χ3n) is 8.63. The second kappa shape index (κ2) is 14.2. The Hall–Kier alpha value is -5.31. The van der Waals surface area contributed by atoms with E-state index in [1.807, 2.05) is 30.0 Å². The van der Waals surface area contributed by atoms with E-state index in [9.17, 15) is 14.7 Å². The summed E-state index contributed by atoms with van der Waals surface area (Å²) in [5, 5.41) is 19.6. The molecule has 0 saturated carbocycles. The molecule has 4 N–H and O–H groups in total. The Morgan fingerprint density at radius 2 is 1.77 bits per heavy atom. The number of hydrogen-bond acceptors (Lipinski definition) is 10. The highest BCUT2D eigenvalue weighted by atomic mass is 16.5. The maximum atomic E-state index is 13.6. The minimum absolute atomic E-state index is 0.247. The molecule has 14 nitrogen and oxygen atoms in total. The molecule has 2 aliphatic rings. The SMILES string of the molecule is CCN1CCN(C(O)c2ccc(Nc3ncc4c(n3)N(C)C(=O)N(c3cc(NC(=O)Nc5ccccc5OC)ccc3C)C4)cn2)CC1. The number of nitrogens with zero attached hydrogens (tertiary/aromatic N) is 7. The predicted octanol–water partition coefficient (Wildman–Crippen LogP) is 4.78. The van der Waals surface area contributed by atoms with Crippen LogP contribution in [-0.4, -0.2) is 88.8 Å². The van der Waals surface area contributed by atoms with E-state index >= 15 is 0 Å². The molecule has 0 spiro atoms. The van der Waals surface area contributed by atoms with Gasteiger partial charge in [-0.05, 0) is 55.4 Å². The van der Waals surface area contributed by atoms with E-state index in [2.05, 4.69) is 42.7 Å². The zero-order valence-corrected chi connectivity index (χ0v) is 27.5. The van der Waals surface area contributed by atoms with E-state index in [1.54, 1.807) is 60.7 Å². The number of hydrogen-bond donors (Lipinski definition) is 4. The molecule has 4 amide bonds. The number of aliphatic hydroxyl groups is 1. The van der Waals surface area contributed by atoms with Crippen LogP contribution in [0.1, 0.15) is 30.0 Å². The second-order valence-corrected chi connectivity index (χ2v) is 11.7. The Bertz CT molecular complexity index is 1780. The predicted molar refractivity (Wildman–Crippen MR) is 185 cm³/mol. The molecule has 4 heterocycles. The quantitative estimate of drug-likeness (QED) is 0.199. The standard InChI is InChI=1S/C34H40N10O4/c1-5-42-14-16-43(17-15-42)31(45)27-13-12-25(20-35-27)37-32-36-19-23-21-44(34(47)41(3)30(23)40-32)28-18-24(11-10-22(28)2)38-33(46)39-26-8-6-7-9-29(26)48-4/h6-13,18-20,31,45H,5,14-17,21H2,1-4H3,(H,36,37,40)(H2,38,39,46). The average molecular weight is 653 g/mol. The number of aliphatic hydroxyl groups excluding tert-OH is 1. The number of nitrogens with one attached hydrogen (secondary N) is 3. The number of piperazine rings is 1. The number of carbonyl (C=O) groups excluding carboxylic acids is 2. The van der Waals surface area contributed by atoms with Gasteiger partial charge in [0.25, 0.3) is 0 Å². The summed E-state index contributed by atoms with van der Waals surface area (Å²) in [6.45, 7) is 8.72. The van der Waals surface area contributed by atoms with Crippen LogP contribution in [0.2, 0.25) is 0 Å². The molecule has 1 unspecified atom stereocenters. The first kappa shape index (κ1) is 32.6. The summed E-state index contributed by atoms with van der Waals surface area (Å²) < 4.78 is 5.32. The van der Waals surface area contributed by atoms with Crippen molar-refractivity contribution < 1.29 is 19.4 Å². The number of urea groups is 2. The van der Waals surface area contributed by atoms with Crippen LogP contribution < -0.4 is 30.5 Å². The van der Waals surface area contributed by atoms with Gasteiger partial charge in [-0.1, -0.05) is 25.1 Å². The first-order valence-electron chi connectivity index (χ1n) is 15.8. The molecule has 0 bridgehead atoms. The average Bonchev–Trinajstić information content (AvgIpc) is 3.11. The lowest BCUT2D eigenvalue weighted by molar-refractivity contribution is -0.0290. The van der Waals surface area contributed by atoms with Gasteiger partial charge in [0.15, 0.2) is 6.23 Å². The topological polar surface area (TPSA) is 151 Å². The molecule has 2 aliphatic heterocycles. The van der Waals surface area contributed by atoms with Crippen molar-refractivity contribution in [1.29, 1.82) is 0 Å². The Morgan fingerprint density at radius 3 is 2.50 bits per heavy atom. The lowest BCUT2D eigenvalue weighted by Gasteiger charge is -2.36. The van der Waals surface area contributed by atoms with Crippen molar-refractivity contribution in [2.75, 3.05) is 72.6 Å². The third kappa shape index (κ3) is 7.00. The van der Waals surface area contributed by atoms with Crippen LogP contribution in [0.5, 0.6) is 5.75 Å². The van der Waals surface area contributed by atoms with E-state index in [0.29, 0.717) is 46.0 Å². The number of pyridine rings is 1. The van der Waals surface area contributed by atoms with Gasteiger partial charge < -0.3 is 30.7 Å². The molecule has 0 radical (unpaired) electrons. The normalized spacial score (nSPS) is 15.9. The number of rotatable bonds is 9. The molecule has 48 heavy (non-hydrogen) atoms. The summed E-state index contributed by atoms with van der Waals surface area (Å²) in [6, 6.07) is 15.4. The summed E-state index contributed by atoms with van der Waals surface area (Å²) in [6.07, 6.45) is 2.57. The molecule has 14 heteroatoms. The van der Waals surface area contributed by atoms with E-state index in [-0.39, 0.29) is 12.6 Å². The maximum Gasteiger partial charge on any atom is 0.330 e. The van der Waals surface area contributed by atoms with Crippen molar-refractivity contribution in [2.45, 2.75) is 26.6 Å². The van der Waals surface area contributed by atoms with Crippen LogP contribution in [0.25, 0.3) is 0 Å². The second-order valence-electron chi connectivity index (χ2n) is 11.7. The Morgan fingerprint density at radius 1 is 1.00 bits per heavy atom. The van der Waals surface area contributed by atoms with Crippen molar-refractivity contribution in [1.82, 2.24) is 24.8 Å². The van der Waals surface area contributed by atoms with Crippen LogP contribution in [0.15, 0.2) is 67.0 Å². The minimum Gasteiger partial charge on any atom is -0.495 e. The molecule has 6 rings (SSSR count). The van der Waals surface area contributed by atoms with Gasteiger partial charge in [0.05, 0.1) is 42.6 Å². The van der Waals surface area contributed by atoms with Crippen molar-refractivity contribution in [3.63, 3.8) is 0 Å². The van der Waals surface area contributed by atoms with Gasteiger partial charge in [-0.3, -0.25) is 19.7 Å². The Balaban J connectivity index is 1.12. The summed E-state index contributed by atoms with van der Waals surface area (Å²) in [5.41, 5.74) is 4.55. The molecular weight excluding hydrogens is 612 g/mol. The molecule has 1 atom stereocenters. The van der Waals surface area contributed by atoms with Crippen molar-refractivity contribution in [2.24, 2.45) is 0 Å². The van der Waals surface area contributed by atoms with Crippen LogP contribution in [0, 0.1) is 6.92 Å². The van der Waals surface area contributed by atoms with Crippen LogP contribution in [-0.2, 0) is 6.54 Å². The van der Waals surface area contributed by atoms with E-state index < -0.39 is 12.3 Å². The number of carbonyl (C=O) groups is 2. The van der Waals surface area contributed by atoms with Crippen LogP contribution >= 0.6 is 0 Å². The van der Waals surface area contributed by atoms with Crippen molar-refractivity contribution in [3.05, 3.63) is 83.8 Å². The van der Waals surface area contributed by atoms with Gasteiger partial charge in [0, 0.05) is 50.7 Å². The van der Waals surface area contributed by atoms with Gasteiger partial charge in [0.2, 0.25) is 5.95 Å². The number of ether oxygens (including phenoxy) is 1.